The van der Waals surface area contributed by atoms with E-state index < -0.39 is 5.91 Å². The van der Waals surface area contributed by atoms with Gasteiger partial charge < -0.3 is 16.0 Å². The number of halogens is 1. The van der Waals surface area contributed by atoms with Crippen LogP contribution >= 0.6 is 11.6 Å². The van der Waals surface area contributed by atoms with E-state index in [0.29, 0.717) is 10.7 Å². The van der Waals surface area contributed by atoms with Crippen molar-refractivity contribution in [2.75, 3.05) is 0 Å². The number of benzene rings is 1. The highest BCUT2D eigenvalue weighted by Crippen LogP contribution is 2.30. The van der Waals surface area contributed by atoms with E-state index >= 15 is 0 Å². The second kappa shape index (κ2) is 4.48. The van der Waals surface area contributed by atoms with Crippen LogP contribution in [0.25, 0.3) is 5.70 Å². The highest BCUT2D eigenvalue weighted by molar-refractivity contribution is 6.30. The Labute approximate surface area is 115 Å². The van der Waals surface area contributed by atoms with Crippen molar-refractivity contribution in [3.63, 3.8) is 0 Å². The molecule has 0 aliphatic carbocycles. The lowest BCUT2D eigenvalue weighted by Crippen LogP contribution is -2.35. The summed E-state index contributed by atoms with van der Waals surface area (Å²) < 4.78 is 0. The molecule has 2 aliphatic heterocycles. The van der Waals surface area contributed by atoms with Crippen LogP contribution in [0.15, 0.2) is 54.4 Å². The Morgan fingerprint density at radius 2 is 2.00 bits per heavy atom. The van der Waals surface area contributed by atoms with Crippen molar-refractivity contribution >= 4 is 23.2 Å². The van der Waals surface area contributed by atoms with Gasteiger partial charge in [-0.05, 0) is 24.3 Å². The van der Waals surface area contributed by atoms with Crippen LogP contribution in [0.2, 0.25) is 5.02 Å². The largest absolute Gasteiger partial charge is 0.364 e. The molecule has 1 atom stereocenters. The average Bonchev–Trinajstić information content (AvgIpc) is 2.78. The van der Waals surface area contributed by atoms with E-state index in [9.17, 15) is 4.79 Å². The first-order chi connectivity index (χ1) is 9.16. The summed E-state index contributed by atoms with van der Waals surface area (Å²) >= 11 is 5.88. The molecule has 2 heterocycles. The summed E-state index contributed by atoms with van der Waals surface area (Å²) in [6.07, 6.45) is 7.52. The molecule has 0 saturated carbocycles. The zero-order valence-corrected chi connectivity index (χ0v) is 10.8. The third kappa shape index (κ3) is 2.00. The molecule has 2 aliphatic rings. The summed E-state index contributed by atoms with van der Waals surface area (Å²) in [5.41, 5.74) is 7.58. The van der Waals surface area contributed by atoms with Crippen LogP contribution in [0.1, 0.15) is 5.56 Å². The van der Waals surface area contributed by atoms with Gasteiger partial charge in [-0.2, -0.15) is 0 Å². The maximum atomic E-state index is 11.7. The summed E-state index contributed by atoms with van der Waals surface area (Å²) in [6.45, 7) is 0. The normalized spacial score (nSPS) is 20.5. The molecule has 1 aromatic rings. The van der Waals surface area contributed by atoms with E-state index in [1.165, 1.54) is 0 Å². The zero-order valence-electron chi connectivity index (χ0n) is 10.0. The van der Waals surface area contributed by atoms with E-state index in [4.69, 9.17) is 17.3 Å². The maximum absolute atomic E-state index is 11.7. The maximum Gasteiger partial charge on any atom is 0.267 e. The van der Waals surface area contributed by atoms with Crippen LogP contribution in [0.3, 0.4) is 0 Å². The Kier molecular flexibility index (Phi) is 2.80. The van der Waals surface area contributed by atoms with Gasteiger partial charge in [0.1, 0.15) is 11.9 Å². The van der Waals surface area contributed by atoms with Crippen molar-refractivity contribution in [3.8, 4) is 0 Å². The second-order valence-corrected chi connectivity index (χ2v) is 4.75. The lowest BCUT2D eigenvalue weighted by molar-refractivity contribution is -0.115. The molecule has 96 valence electrons. The predicted octanol–water partition coefficient (Wildman–Crippen LogP) is 1.81. The lowest BCUT2D eigenvalue weighted by Gasteiger charge is -2.23. The van der Waals surface area contributed by atoms with E-state index in [1.807, 2.05) is 41.5 Å². The Hall–Kier alpha value is -2.20. The number of nitrogens with zero attached hydrogens (tertiary/aromatic N) is 1. The molecule has 19 heavy (non-hydrogen) atoms. The van der Waals surface area contributed by atoms with Gasteiger partial charge in [0.2, 0.25) is 0 Å². The summed E-state index contributed by atoms with van der Waals surface area (Å²) in [7, 11) is 0. The summed E-state index contributed by atoms with van der Waals surface area (Å²) in [5, 5.41) is 3.94. The Morgan fingerprint density at radius 3 is 2.68 bits per heavy atom. The number of fused-ring (bicyclic) bond motifs is 1. The third-order valence-electron chi connectivity index (χ3n) is 3.10. The van der Waals surface area contributed by atoms with E-state index in [2.05, 4.69) is 5.32 Å². The molecule has 0 fully saturated rings. The van der Waals surface area contributed by atoms with Gasteiger partial charge in [0.25, 0.3) is 5.91 Å². The second-order valence-electron chi connectivity index (χ2n) is 4.32. The predicted molar refractivity (Wildman–Crippen MR) is 74.6 cm³/mol. The molecule has 0 spiro atoms. The van der Waals surface area contributed by atoms with Crippen LogP contribution in [-0.2, 0) is 4.79 Å². The van der Waals surface area contributed by atoms with Gasteiger partial charge in [-0.15, -0.1) is 0 Å². The van der Waals surface area contributed by atoms with E-state index in [0.717, 1.165) is 11.3 Å². The summed E-state index contributed by atoms with van der Waals surface area (Å²) in [6, 6.07) is 7.29. The molecule has 0 bridgehead atoms. The van der Waals surface area contributed by atoms with Crippen LogP contribution in [0.5, 0.6) is 0 Å². The minimum absolute atomic E-state index is 0.0711. The van der Waals surface area contributed by atoms with Gasteiger partial charge in [0.05, 0.1) is 5.70 Å². The lowest BCUT2D eigenvalue weighted by atomic mass is 10.1. The summed E-state index contributed by atoms with van der Waals surface area (Å²) in [4.78, 5) is 13.5. The van der Waals surface area contributed by atoms with Gasteiger partial charge in [0, 0.05) is 16.8 Å². The molecular formula is C14H12ClN3O. The minimum Gasteiger partial charge on any atom is -0.364 e. The molecule has 0 saturated heterocycles. The number of nitrogens with one attached hydrogen (secondary N) is 1. The number of nitrogens with two attached hydrogens (primary N) is 1. The standard InChI is InChI=1S/C14H12ClN3O/c15-10-6-4-9(5-7-10)12-13(14(16)19)18-8-2-1-3-11(18)17-12/h1-8,11,17H,(H2,16,19). The number of hydrogen-bond donors (Lipinski definition) is 2. The first kappa shape index (κ1) is 11.9. The van der Waals surface area contributed by atoms with Crippen molar-refractivity contribution in [1.29, 1.82) is 0 Å². The molecule has 5 heteroatoms. The SMILES string of the molecule is NC(=O)C1=C(c2ccc(Cl)cc2)NC2C=CC=CN12. The van der Waals surface area contributed by atoms with Crippen molar-refractivity contribution in [3.05, 3.63) is 65.0 Å². The molecule has 0 aromatic heterocycles. The topological polar surface area (TPSA) is 58.4 Å². The number of carbonyl (C=O) groups excluding carboxylic acids is 1. The van der Waals surface area contributed by atoms with Gasteiger partial charge >= 0.3 is 0 Å². The number of rotatable bonds is 2. The highest BCUT2D eigenvalue weighted by Gasteiger charge is 2.32. The Morgan fingerprint density at radius 1 is 1.26 bits per heavy atom. The molecular weight excluding hydrogens is 262 g/mol. The fraction of sp³-hybridized carbons (Fsp3) is 0.0714. The van der Waals surface area contributed by atoms with Crippen molar-refractivity contribution in [2.45, 2.75) is 6.17 Å². The van der Waals surface area contributed by atoms with E-state index in [-0.39, 0.29) is 6.17 Å². The zero-order chi connectivity index (χ0) is 13.4. The molecule has 0 radical (unpaired) electrons. The van der Waals surface area contributed by atoms with Crippen LogP contribution in [0.4, 0.5) is 0 Å². The quantitative estimate of drug-likeness (QED) is 0.864. The highest BCUT2D eigenvalue weighted by atomic mass is 35.5. The first-order valence-corrected chi connectivity index (χ1v) is 6.24. The van der Waals surface area contributed by atoms with Crippen molar-refractivity contribution in [2.24, 2.45) is 5.73 Å². The number of carbonyl (C=O) groups is 1. The smallest absolute Gasteiger partial charge is 0.267 e. The van der Waals surface area contributed by atoms with Crippen molar-refractivity contribution in [1.82, 2.24) is 10.2 Å². The fourth-order valence-electron chi connectivity index (χ4n) is 2.26. The average molecular weight is 274 g/mol. The number of primary amides is 1. The Bertz CT molecular complexity index is 616. The monoisotopic (exact) mass is 273 g/mol. The van der Waals surface area contributed by atoms with Gasteiger partial charge in [0.15, 0.2) is 0 Å². The van der Waals surface area contributed by atoms with Crippen molar-refractivity contribution < 1.29 is 4.79 Å². The molecule has 1 unspecified atom stereocenters. The molecule has 3 rings (SSSR count). The Balaban J connectivity index is 2.08. The van der Waals surface area contributed by atoms with Crippen LogP contribution in [0, 0.1) is 0 Å². The van der Waals surface area contributed by atoms with E-state index in [1.54, 1.807) is 12.1 Å². The molecule has 1 aromatic carbocycles. The fourth-order valence-corrected chi connectivity index (χ4v) is 2.39. The summed E-state index contributed by atoms with van der Waals surface area (Å²) in [5.74, 6) is -0.458. The number of amides is 1. The van der Waals surface area contributed by atoms with Gasteiger partial charge in [-0.3, -0.25) is 4.79 Å². The number of allylic oxidation sites excluding steroid dienone is 2. The molecule has 1 amide bonds. The van der Waals surface area contributed by atoms with Crippen LogP contribution < -0.4 is 11.1 Å². The molecule has 4 nitrogen and oxygen atoms in total. The first-order valence-electron chi connectivity index (χ1n) is 5.87. The van der Waals surface area contributed by atoms with Gasteiger partial charge in [-0.25, -0.2) is 0 Å². The number of hydrogen-bond acceptors (Lipinski definition) is 3. The molecule has 3 N–H and O–H groups in total. The van der Waals surface area contributed by atoms with Crippen LogP contribution in [-0.4, -0.2) is 17.0 Å². The van der Waals surface area contributed by atoms with Gasteiger partial charge in [-0.1, -0.05) is 29.8 Å². The minimum atomic E-state index is -0.458. The third-order valence-corrected chi connectivity index (χ3v) is 3.36.